The van der Waals surface area contributed by atoms with Crippen molar-refractivity contribution >= 4 is 11.6 Å². The molecule has 4 heteroatoms. The third-order valence-corrected chi connectivity index (χ3v) is 3.10. The molecule has 2 aromatic carbocycles. The first-order valence-electron chi connectivity index (χ1n) is 6.44. The van der Waals surface area contributed by atoms with Gasteiger partial charge in [0, 0.05) is 5.69 Å². The summed E-state index contributed by atoms with van der Waals surface area (Å²) in [5.74, 6) is -0.579. The molecule has 0 aromatic heterocycles. The van der Waals surface area contributed by atoms with Crippen LogP contribution in [0.4, 0.5) is 10.1 Å². The molecule has 1 atom stereocenters. The molecule has 104 valence electrons. The Balaban J connectivity index is 2.00. The van der Waals surface area contributed by atoms with Gasteiger partial charge in [-0.05, 0) is 36.2 Å². The highest BCUT2D eigenvalue weighted by Crippen LogP contribution is 2.15. The molecule has 0 aliphatic carbocycles. The van der Waals surface area contributed by atoms with Crippen LogP contribution in [0.15, 0.2) is 48.5 Å². The average Bonchev–Trinajstić information content (AvgIpc) is 2.41. The van der Waals surface area contributed by atoms with Crippen LogP contribution in [0, 0.1) is 5.82 Å². The van der Waals surface area contributed by atoms with Crippen LogP contribution in [0.2, 0.25) is 0 Å². The van der Waals surface area contributed by atoms with Crippen LogP contribution in [-0.4, -0.2) is 5.91 Å². The fourth-order valence-corrected chi connectivity index (χ4v) is 2.02. The molecule has 1 amide bonds. The first kappa shape index (κ1) is 14.1. The number of carbonyl (C=O) groups excluding carboxylic acids is 1. The predicted octanol–water partition coefficient (Wildman–Crippen LogP) is 2.83. The second-order valence-electron chi connectivity index (χ2n) is 4.73. The van der Waals surface area contributed by atoms with Crippen LogP contribution < -0.4 is 11.1 Å². The second kappa shape index (κ2) is 6.19. The number of benzene rings is 2. The number of nitrogens with one attached hydrogen (secondary N) is 1. The normalized spacial score (nSPS) is 11.9. The molecule has 0 heterocycles. The molecule has 3 N–H and O–H groups in total. The number of nitrogens with two attached hydrogens (primary N) is 1. The van der Waals surface area contributed by atoms with Crippen molar-refractivity contribution in [2.75, 3.05) is 5.73 Å². The lowest BCUT2D eigenvalue weighted by molar-refractivity contribution is -0.121. The van der Waals surface area contributed by atoms with E-state index in [1.54, 1.807) is 24.3 Å². The molecule has 0 aliphatic rings. The van der Waals surface area contributed by atoms with E-state index in [1.807, 2.05) is 25.1 Å². The van der Waals surface area contributed by atoms with Crippen molar-refractivity contribution in [3.63, 3.8) is 0 Å². The van der Waals surface area contributed by atoms with Gasteiger partial charge in [-0.25, -0.2) is 4.39 Å². The standard InChI is InChI=1S/C16H17FN2O/c1-11(12-6-4-7-14(18)9-12)19-16(20)10-13-5-2-3-8-15(13)17/h2-9,11H,10,18H2,1H3,(H,19,20). The Morgan fingerprint density at radius 2 is 2.00 bits per heavy atom. The minimum atomic E-state index is -0.362. The minimum absolute atomic E-state index is 0.0271. The number of hydrogen-bond acceptors (Lipinski definition) is 2. The van der Waals surface area contributed by atoms with Gasteiger partial charge in [0.2, 0.25) is 5.91 Å². The van der Waals surface area contributed by atoms with Gasteiger partial charge < -0.3 is 11.1 Å². The summed E-state index contributed by atoms with van der Waals surface area (Å²) in [5, 5.41) is 2.84. The Morgan fingerprint density at radius 3 is 2.70 bits per heavy atom. The van der Waals surface area contributed by atoms with Crippen LogP contribution in [0.25, 0.3) is 0 Å². The van der Waals surface area contributed by atoms with Gasteiger partial charge in [-0.1, -0.05) is 30.3 Å². The third kappa shape index (κ3) is 3.57. The summed E-state index contributed by atoms with van der Waals surface area (Å²) in [6, 6.07) is 13.4. The first-order valence-corrected chi connectivity index (χ1v) is 6.44. The Hall–Kier alpha value is -2.36. The summed E-state index contributed by atoms with van der Waals surface area (Å²) in [6.07, 6.45) is 0.0271. The van der Waals surface area contributed by atoms with Crippen molar-refractivity contribution in [2.45, 2.75) is 19.4 Å². The van der Waals surface area contributed by atoms with Crippen molar-refractivity contribution in [3.05, 3.63) is 65.5 Å². The van der Waals surface area contributed by atoms with Crippen molar-refractivity contribution in [2.24, 2.45) is 0 Å². The van der Waals surface area contributed by atoms with Crippen molar-refractivity contribution in [3.8, 4) is 0 Å². The van der Waals surface area contributed by atoms with Crippen LogP contribution in [-0.2, 0) is 11.2 Å². The quantitative estimate of drug-likeness (QED) is 0.841. The molecule has 0 radical (unpaired) electrons. The third-order valence-electron chi connectivity index (χ3n) is 3.10. The lowest BCUT2D eigenvalue weighted by atomic mass is 10.1. The van der Waals surface area contributed by atoms with Crippen LogP contribution in [0.5, 0.6) is 0 Å². The van der Waals surface area contributed by atoms with Crippen molar-refractivity contribution < 1.29 is 9.18 Å². The number of nitrogen functional groups attached to an aromatic ring is 1. The number of amides is 1. The number of anilines is 1. The molecule has 2 aromatic rings. The van der Waals surface area contributed by atoms with E-state index in [1.165, 1.54) is 6.07 Å². The van der Waals surface area contributed by atoms with E-state index in [4.69, 9.17) is 5.73 Å². The summed E-state index contributed by atoms with van der Waals surface area (Å²) >= 11 is 0. The van der Waals surface area contributed by atoms with Gasteiger partial charge in [-0.15, -0.1) is 0 Å². The number of rotatable bonds is 4. The molecule has 0 spiro atoms. The lowest BCUT2D eigenvalue weighted by Crippen LogP contribution is -2.28. The topological polar surface area (TPSA) is 55.1 Å². The zero-order valence-electron chi connectivity index (χ0n) is 11.3. The first-order chi connectivity index (χ1) is 9.56. The fraction of sp³-hybridized carbons (Fsp3) is 0.188. The maximum Gasteiger partial charge on any atom is 0.225 e. The molecule has 0 bridgehead atoms. The highest BCUT2D eigenvalue weighted by atomic mass is 19.1. The Kier molecular flexibility index (Phi) is 4.35. The van der Waals surface area contributed by atoms with Crippen LogP contribution in [0.3, 0.4) is 0 Å². The molecule has 20 heavy (non-hydrogen) atoms. The predicted molar refractivity (Wildman–Crippen MR) is 77.5 cm³/mol. The molecular weight excluding hydrogens is 255 g/mol. The summed E-state index contributed by atoms with van der Waals surface area (Å²) in [5.41, 5.74) is 7.68. The zero-order valence-corrected chi connectivity index (χ0v) is 11.3. The molecule has 3 nitrogen and oxygen atoms in total. The van der Waals surface area contributed by atoms with E-state index in [0.717, 1.165) is 5.56 Å². The van der Waals surface area contributed by atoms with Gasteiger partial charge in [-0.2, -0.15) is 0 Å². The summed E-state index contributed by atoms with van der Waals surface area (Å²) in [6.45, 7) is 1.87. The van der Waals surface area contributed by atoms with Crippen LogP contribution in [0.1, 0.15) is 24.1 Å². The number of carbonyl (C=O) groups is 1. The van der Waals surface area contributed by atoms with E-state index < -0.39 is 0 Å². The Bertz CT molecular complexity index is 613. The van der Waals surface area contributed by atoms with Gasteiger partial charge in [0.05, 0.1) is 12.5 Å². The number of hydrogen-bond donors (Lipinski definition) is 2. The van der Waals surface area contributed by atoms with E-state index in [-0.39, 0.29) is 24.2 Å². The average molecular weight is 272 g/mol. The fourth-order valence-electron chi connectivity index (χ4n) is 2.02. The van der Waals surface area contributed by atoms with Gasteiger partial charge >= 0.3 is 0 Å². The maximum absolute atomic E-state index is 13.5. The molecular formula is C16H17FN2O. The van der Waals surface area contributed by atoms with Gasteiger partial charge in [0.15, 0.2) is 0 Å². The maximum atomic E-state index is 13.5. The Morgan fingerprint density at radius 1 is 1.25 bits per heavy atom. The highest BCUT2D eigenvalue weighted by Gasteiger charge is 2.12. The molecule has 2 rings (SSSR count). The summed E-state index contributed by atoms with van der Waals surface area (Å²) in [7, 11) is 0. The lowest BCUT2D eigenvalue weighted by Gasteiger charge is -2.15. The van der Waals surface area contributed by atoms with Gasteiger partial charge in [-0.3, -0.25) is 4.79 Å². The Labute approximate surface area is 117 Å². The van der Waals surface area contributed by atoms with Crippen molar-refractivity contribution in [1.82, 2.24) is 5.32 Å². The van der Waals surface area contributed by atoms with Crippen molar-refractivity contribution in [1.29, 1.82) is 0 Å². The summed E-state index contributed by atoms with van der Waals surface area (Å²) in [4.78, 5) is 11.9. The molecule has 1 unspecified atom stereocenters. The van der Waals surface area contributed by atoms with Gasteiger partial charge in [0.1, 0.15) is 5.82 Å². The minimum Gasteiger partial charge on any atom is -0.399 e. The van der Waals surface area contributed by atoms with E-state index in [2.05, 4.69) is 5.32 Å². The second-order valence-corrected chi connectivity index (χ2v) is 4.73. The smallest absolute Gasteiger partial charge is 0.225 e. The van der Waals surface area contributed by atoms with Gasteiger partial charge in [0.25, 0.3) is 0 Å². The summed E-state index contributed by atoms with van der Waals surface area (Å²) < 4.78 is 13.5. The van der Waals surface area contributed by atoms with E-state index in [9.17, 15) is 9.18 Å². The zero-order chi connectivity index (χ0) is 14.5. The largest absolute Gasteiger partial charge is 0.399 e. The molecule has 0 aliphatic heterocycles. The SMILES string of the molecule is CC(NC(=O)Cc1ccccc1F)c1cccc(N)c1. The monoisotopic (exact) mass is 272 g/mol. The number of halogens is 1. The van der Waals surface area contributed by atoms with E-state index >= 15 is 0 Å². The highest BCUT2D eigenvalue weighted by molar-refractivity contribution is 5.79. The molecule has 0 saturated heterocycles. The van der Waals surface area contributed by atoms with Crippen LogP contribution >= 0.6 is 0 Å². The molecule has 0 saturated carbocycles. The molecule has 0 fully saturated rings. The van der Waals surface area contributed by atoms with E-state index in [0.29, 0.717) is 11.3 Å².